The maximum absolute atomic E-state index is 12.6. The molecule has 2 amide bonds. The van der Waals surface area contributed by atoms with E-state index in [9.17, 15) is 23.4 Å². The summed E-state index contributed by atoms with van der Waals surface area (Å²) in [7, 11) is -1.95. The smallest absolute Gasteiger partial charge is 0.338 e. The highest BCUT2D eigenvalue weighted by molar-refractivity contribution is 7.84. The van der Waals surface area contributed by atoms with Crippen LogP contribution in [0, 0.1) is 10.8 Å². The van der Waals surface area contributed by atoms with E-state index in [1.165, 1.54) is 24.3 Å². The van der Waals surface area contributed by atoms with Crippen LogP contribution in [0.15, 0.2) is 47.4 Å². The number of H-pyrrole nitrogens is 1. The molecule has 0 bridgehead atoms. The number of esters is 2. The van der Waals surface area contributed by atoms with Crippen molar-refractivity contribution in [1.82, 2.24) is 19.7 Å². The molecule has 3 aromatic rings. The van der Waals surface area contributed by atoms with Crippen molar-refractivity contribution in [2.24, 2.45) is 10.8 Å². The molecule has 1 atom stereocenters. The Kier molecular flexibility index (Phi) is 7.96. The molecule has 1 saturated heterocycles. The van der Waals surface area contributed by atoms with Crippen LogP contribution in [0.1, 0.15) is 67.7 Å². The van der Waals surface area contributed by atoms with Crippen LogP contribution in [0.5, 0.6) is 0 Å². The van der Waals surface area contributed by atoms with Gasteiger partial charge in [-0.05, 0) is 59.7 Å². The number of amides is 2. The Bertz CT molecular complexity index is 1430. The third-order valence-corrected chi connectivity index (χ3v) is 7.57. The molecule has 39 heavy (non-hydrogen) atoms. The van der Waals surface area contributed by atoms with Crippen molar-refractivity contribution in [3.8, 4) is 0 Å². The summed E-state index contributed by atoms with van der Waals surface area (Å²) in [6.07, 6.45) is 0.687. The number of fused-ring (bicyclic) bond motifs is 1. The number of carbonyl (C=O) groups is 4. The number of hydrogen-bond acceptors (Lipinski definition) is 9. The standard InChI is InChI=1S/C27H30N4O7S/c1-26(2,14-27(3,4)16-38-25(35)18-7-10-20-21(13-18)29-30-28-20)15-37-24(34)17-5-8-19(9-6-17)39(36)31-22(32)11-12-23(31)33/h5-10,13H,11-12,14-16H2,1-4H3,(H,28,29,30). The van der Waals surface area contributed by atoms with Crippen LogP contribution in [0.4, 0.5) is 0 Å². The summed E-state index contributed by atoms with van der Waals surface area (Å²) >= 11 is 0. The van der Waals surface area contributed by atoms with Crippen molar-refractivity contribution < 1.29 is 32.9 Å². The highest BCUT2D eigenvalue weighted by Gasteiger charge is 2.35. The molecule has 11 nitrogen and oxygen atoms in total. The Morgan fingerprint density at radius 3 is 1.95 bits per heavy atom. The van der Waals surface area contributed by atoms with Gasteiger partial charge in [-0.2, -0.15) is 19.7 Å². The van der Waals surface area contributed by atoms with Crippen LogP contribution in [0.2, 0.25) is 0 Å². The molecule has 2 aromatic carbocycles. The molecule has 206 valence electrons. The second kappa shape index (κ2) is 11.0. The summed E-state index contributed by atoms with van der Waals surface area (Å²) in [4.78, 5) is 49.1. The Morgan fingerprint density at radius 1 is 0.846 bits per heavy atom. The first-order chi connectivity index (χ1) is 18.3. The molecular formula is C27H30N4O7S. The molecule has 1 aromatic heterocycles. The van der Waals surface area contributed by atoms with E-state index in [0.717, 1.165) is 4.31 Å². The second-order valence-electron chi connectivity index (χ2n) is 11.0. The van der Waals surface area contributed by atoms with Crippen LogP contribution in [0.25, 0.3) is 11.0 Å². The largest absolute Gasteiger partial charge is 0.462 e. The van der Waals surface area contributed by atoms with Crippen LogP contribution in [-0.4, -0.2) is 60.9 Å². The molecule has 2 heterocycles. The quantitative estimate of drug-likeness (QED) is 0.293. The minimum Gasteiger partial charge on any atom is -0.462 e. The molecule has 1 aliphatic rings. The zero-order valence-corrected chi connectivity index (χ0v) is 23.0. The first-order valence-electron chi connectivity index (χ1n) is 12.4. The molecule has 0 spiro atoms. The van der Waals surface area contributed by atoms with Gasteiger partial charge in [0.15, 0.2) is 11.0 Å². The van der Waals surface area contributed by atoms with Crippen molar-refractivity contribution in [1.29, 1.82) is 0 Å². The second-order valence-corrected chi connectivity index (χ2v) is 12.4. The predicted molar refractivity (Wildman–Crippen MR) is 141 cm³/mol. The van der Waals surface area contributed by atoms with Crippen molar-refractivity contribution in [2.75, 3.05) is 13.2 Å². The van der Waals surface area contributed by atoms with E-state index in [2.05, 4.69) is 15.4 Å². The predicted octanol–water partition coefficient (Wildman–Crippen LogP) is 3.59. The molecule has 12 heteroatoms. The topological polar surface area (TPSA) is 149 Å². The Balaban J connectivity index is 1.28. The number of nitrogens with zero attached hydrogens (tertiary/aromatic N) is 3. The summed E-state index contributed by atoms with van der Waals surface area (Å²) in [5, 5.41) is 10.5. The van der Waals surface area contributed by atoms with Gasteiger partial charge in [-0.15, -0.1) is 0 Å². The fourth-order valence-electron chi connectivity index (χ4n) is 4.61. The third-order valence-electron chi connectivity index (χ3n) is 6.16. The van der Waals surface area contributed by atoms with Gasteiger partial charge in [-0.1, -0.05) is 27.7 Å². The molecule has 1 aliphatic heterocycles. The average Bonchev–Trinajstić information content (AvgIpc) is 3.50. The van der Waals surface area contributed by atoms with E-state index < -0.39 is 45.6 Å². The number of ether oxygens (including phenoxy) is 2. The van der Waals surface area contributed by atoms with E-state index in [1.54, 1.807) is 18.2 Å². The zero-order chi connectivity index (χ0) is 28.4. The summed E-state index contributed by atoms with van der Waals surface area (Å²) in [5.41, 5.74) is 1.04. The van der Waals surface area contributed by atoms with E-state index >= 15 is 0 Å². The molecule has 0 saturated carbocycles. The molecule has 0 radical (unpaired) electrons. The van der Waals surface area contributed by atoms with E-state index in [1.807, 2.05) is 27.7 Å². The molecule has 1 N–H and O–H groups in total. The van der Waals surface area contributed by atoms with Gasteiger partial charge < -0.3 is 9.47 Å². The van der Waals surface area contributed by atoms with E-state index in [-0.39, 0.29) is 36.5 Å². The number of aromatic amines is 1. The van der Waals surface area contributed by atoms with Gasteiger partial charge in [0.25, 0.3) is 0 Å². The highest BCUT2D eigenvalue weighted by atomic mass is 32.2. The van der Waals surface area contributed by atoms with E-state index in [4.69, 9.17) is 9.47 Å². The number of rotatable bonds is 10. The molecule has 4 rings (SSSR count). The number of benzene rings is 2. The Morgan fingerprint density at radius 2 is 1.36 bits per heavy atom. The lowest BCUT2D eigenvalue weighted by atomic mass is 9.76. The van der Waals surface area contributed by atoms with Crippen LogP contribution >= 0.6 is 0 Å². The summed E-state index contributed by atoms with van der Waals surface area (Å²) in [6, 6.07) is 10.7. The van der Waals surface area contributed by atoms with Crippen molar-refractivity contribution in [2.45, 2.75) is 51.9 Å². The van der Waals surface area contributed by atoms with Crippen LogP contribution in [0.3, 0.4) is 0 Å². The van der Waals surface area contributed by atoms with Gasteiger partial charge in [-0.25, -0.2) is 13.8 Å². The molecule has 1 unspecified atom stereocenters. The van der Waals surface area contributed by atoms with Gasteiger partial charge in [0.05, 0.1) is 29.2 Å². The first kappa shape index (κ1) is 28.1. The Hall–Kier alpha value is -3.93. The minimum atomic E-state index is -1.95. The Labute approximate surface area is 227 Å². The van der Waals surface area contributed by atoms with Gasteiger partial charge in [0.2, 0.25) is 11.8 Å². The normalized spacial score (nSPS) is 15.0. The number of hydrogen-bond donors (Lipinski definition) is 1. The van der Waals surface area contributed by atoms with Crippen molar-refractivity contribution >= 4 is 45.8 Å². The number of aromatic nitrogens is 3. The summed E-state index contributed by atoms with van der Waals surface area (Å²) in [5.74, 6) is -1.97. The monoisotopic (exact) mass is 554 g/mol. The zero-order valence-electron chi connectivity index (χ0n) is 22.2. The molecular weight excluding hydrogens is 524 g/mol. The summed E-state index contributed by atoms with van der Waals surface area (Å²) in [6.45, 7) is 8.15. The lowest BCUT2D eigenvalue weighted by Crippen LogP contribution is -2.32. The van der Waals surface area contributed by atoms with Crippen molar-refractivity contribution in [3.05, 3.63) is 53.6 Å². The number of nitrogens with one attached hydrogen (secondary N) is 1. The molecule has 1 fully saturated rings. The van der Waals surface area contributed by atoms with Crippen LogP contribution in [-0.2, 0) is 30.0 Å². The van der Waals surface area contributed by atoms with Crippen LogP contribution < -0.4 is 0 Å². The van der Waals surface area contributed by atoms with Gasteiger partial charge in [0, 0.05) is 12.8 Å². The van der Waals surface area contributed by atoms with Gasteiger partial charge in [0.1, 0.15) is 11.0 Å². The third kappa shape index (κ3) is 6.75. The SMILES string of the molecule is CC(C)(COC(=O)c1ccc(S(=O)N2C(=O)CCC2=O)cc1)CC(C)(C)COC(=O)c1ccc2n[nH]nc2c1. The number of imide groups is 1. The summed E-state index contributed by atoms with van der Waals surface area (Å²) < 4.78 is 24.5. The van der Waals surface area contributed by atoms with Gasteiger partial charge in [-0.3, -0.25) is 9.59 Å². The average molecular weight is 555 g/mol. The maximum Gasteiger partial charge on any atom is 0.338 e. The lowest BCUT2D eigenvalue weighted by molar-refractivity contribution is -0.132. The molecule has 0 aliphatic carbocycles. The maximum atomic E-state index is 12.6. The van der Waals surface area contributed by atoms with Crippen molar-refractivity contribution in [3.63, 3.8) is 0 Å². The number of carbonyl (C=O) groups excluding carboxylic acids is 4. The minimum absolute atomic E-state index is 0.0456. The lowest BCUT2D eigenvalue weighted by Gasteiger charge is -2.34. The first-order valence-corrected chi connectivity index (χ1v) is 13.5. The fraction of sp³-hybridized carbons (Fsp3) is 0.407. The van der Waals surface area contributed by atoms with Gasteiger partial charge >= 0.3 is 11.9 Å². The van der Waals surface area contributed by atoms with E-state index in [0.29, 0.717) is 23.0 Å². The highest BCUT2D eigenvalue weighted by Crippen LogP contribution is 2.34. The fourth-order valence-corrected chi connectivity index (χ4v) is 5.74.